The fraction of sp³-hybridized carbons (Fsp3) is 0.647. The van der Waals surface area contributed by atoms with E-state index in [1.807, 2.05) is 0 Å². The molecule has 1 unspecified atom stereocenters. The second-order valence-electron chi connectivity index (χ2n) is 6.70. The SMILES string of the molecule is CC(Nc1cccc(CN2CCCC2)c1)C1(C)CC1. The third-order valence-electron chi connectivity index (χ3n) is 5.00. The number of hydrogen-bond acceptors (Lipinski definition) is 2. The van der Waals surface area contributed by atoms with Gasteiger partial charge in [0.2, 0.25) is 0 Å². The van der Waals surface area contributed by atoms with E-state index in [1.165, 1.54) is 50.0 Å². The molecule has 1 saturated carbocycles. The zero-order chi connectivity index (χ0) is 13.3. The van der Waals surface area contributed by atoms with Crippen LogP contribution in [0, 0.1) is 5.41 Å². The molecule has 1 aromatic carbocycles. The molecular formula is C17H26N2. The minimum Gasteiger partial charge on any atom is -0.382 e. The highest BCUT2D eigenvalue weighted by molar-refractivity contribution is 5.47. The Balaban J connectivity index is 1.62. The van der Waals surface area contributed by atoms with Crippen molar-refractivity contribution < 1.29 is 0 Å². The minimum absolute atomic E-state index is 0.533. The first-order valence-corrected chi connectivity index (χ1v) is 7.74. The van der Waals surface area contributed by atoms with Crippen LogP contribution in [0.1, 0.15) is 45.1 Å². The van der Waals surface area contributed by atoms with Gasteiger partial charge in [0.1, 0.15) is 0 Å². The van der Waals surface area contributed by atoms with Gasteiger partial charge < -0.3 is 5.32 Å². The standard InChI is InChI=1S/C17H26N2/c1-14(17(2)8-9-17)18-16-7-5-6-15(12-16)13-19-10-3-4-11-19/h5-7,12,14,18H,3-4,8-11,13H2,1-2H3. The molecule has 0 aromatic heterocycles. The number of benzene rings is 1. The topological polar surface area (TPSA) is 15.3 Å². The average molecular weight is 258 g/mol. The Morgan fingerprint density at radius 2 is 2.00 bits per heavy atom. The summed E-state index contributed by atoms with van der Waals surface area (Å²) >= 11 is 0. The largest absolute Gasteiger partial charge is 0.382 e. The van der Waals surface area contributed by atoms with Gasteiger partial charge in [-0.25, -0.2) is 0 Å². The van der Waals surface area contributed by atoms with Gasteiger partial charge in [0.15, 0.2) is 0 Å². The summed E-state index contributed by atoms with van der Waals surface area (Å²) in [5.74, 6) is 0. The molecule has 2 nitrogen and oxygen atoms in total. The smallest absolute Gasteiger partial charge is 0.0345 e. The van der Waals surface area contributed by atoms with E-state index in [1.54, 1.807) is 0 Å². The van der Waals surface area contributed by atoms with Gasteiger partial charge in [-0.2, -0.15) is 0 Å². The lowest BCUT2D eigenvalue weighted by Gasteiger charge is -2.22. The lowest BCUT2D eigenvalue weighted by Crippen LogP contribution is -2.25. The van der Waals surface area contributed by atoms with Gasteiger partial charge in [0, 0.05) is 18.3 Å². The van der Waals surface area contributed by atoms with Crippen LogP contribution in [0.15, 0.2) is 24.3 Å². The molecule has 2 fully saturated rings. The van der Waals surface area contributed by atoms with E-state index in [0.29, 0.717) is 11.5 Å². The van der Waals surface area contributed by atoms with E-state index in [-0.39, 0.29) is 0 Å². The predicted octanol–water partition coefficient (Wildman–Crippen LogP) is 3.88. The van der Waals surface area contributed by atoms with Crippen molar-refractivity contribution in [2.75, 3.05) is 18.4 Å². The molecule has 1 aliphatic heterocycles. The average Bonchev–Trinajstić information content (AvgIpc) is 2.95. The highest BCUT2D eigenvalue weighted by Crippen LogP contribution is 2.48. The molecule has 1 N–H and O–H groups in total. The van der Waals surface area contributed by atoms with Crippen LogP contribution in [-0.4, -0.2) is 24.0 Å². The molecule has 104 valence electrons. The first kappa shape index (κ1) is 13.0. The van der Waals surface area contributed by atoms with Gasteiger partial charge in [-0.3, -0.25) is 4.90 Å². The summed E-state index contributed by atoms with van der Waals surface area (Å²) < 4.78 is 0. The molecule has 2 heteroatoms. The highest BCUT2D eigenvalue weighted by Gasteiger charge is 2.42. The van der Waals surface area contributed by atoms with Gasteiger partial charge in [-0.1, -0.05) is 19.1 Å². The van der Waals surface area contributed by atoms with Crippen LogP contribution in [0.3, 0.4) is 0 Å². The Hall–Kier alpha value is -1.02. The maximum Gasteiger partial charge on any atom is 0.0345 e. The molecule has 0 spiro atoms. The minimum atomic E-state index is 0.533. The van der Waals surface area contributed by atoms with Crippen LogP contribution in [-0.2, 0) is 6.54 Å². The summed E-state index contributed by atoms with van der Waals surface area (Å²) in [7, 11) is 0. The summed E-state index contributed by atoms with van der Waals surface area (Å²) in [6, 6.07) is 9.56. The van der Waals surface area contributed by atoms with E-state index in [2.05, 4.69) is 48.3 Å². The van der Waals surface area contributed by atoms with Gasteiger partial charge >= 0.3 is 0 Å². The first-order valence-electron chi connectivity index (χ1n) is 7.74. The molecule has 0 amide bonds. The molecule has 1 aromatic rings. The number of anilines is 1. The Labute approximate surface area is 117 Å². The van der Waals surface area contributed by atoms with E-state index in [4.69, 9.17) is 0 Å². The first-order chi connectivity index (χ1) is 9.16. The zero-order valence-corrected chi connectivity index (χ0v) is 12.3. The van der Waals surface area contributed by atoms with Crippen molar-refractivity contribution in [2.24, 2.45) is 5.41 Å². The number of rotatable bonds is 5. The van der Waals surface area contributed by atoms with Crippen molar-refractivity contribution in [1.82, 2.24) is 4.90 Å². The maximum absolute atomic E-state index is 3.69. The van der Waals surface area contributed by atoms with Crippen LogP contribution in [0.5, 0.6) is 0 Å². The van der Waals surface area contributed by atoms with E-state index >= 15 is 0 Å². The maximum atomic E-state index is 3.69. The normalized spacial score (nSPS) is 23.3. The Morgan fingerprint density at radius 3 is 2.68 bits per heavy atom. The van der Waals surface area contributed by atoms with Crippen molar-refractivity contribution >= 4 is 5.69 Å². The second-order valence-corrected chi connectivity index (χ2v) is 6.70. The Bertz CT molecular complexity index is 431. The van der Waals surface area contributed by atoms with Crippen LogP contribution in [0.25, 0.3) is 0 Å². The van der Waals surface area contributed by atoms with Crippen molar-refractivity contribution in [3.8, 4) is 0 Å². The van der Waals surface area contributed by atoms with E-state index in [9.17, 15) is 0 Å². The number of nitrogens with zero attached hydrogens (tertiary/aromatic N) is 1. The summed E-state index contributed by atoms with van der Waals surface area (Å²) in [6.07, 6.45) is 5.48. The van der Waals surface area contributed by atoms with Gasteiger partial charge in [-0.15, -0.1) is 0 Å². The number of nitrogens with one attached hydrogen (secondary N) is 1. The molecular weight excluding hydrogens is 232 g/mol. The van der Waals surface area contributed by atoms with E-state index in [0.717, 1.165) is 6.54 Å². The third-order valence-corrected chi connectivity index (χ3v) is 5.00. The molecule has 1 saturated heterocycles. The summed E-state index contributed by atoms with van der Waals surface area (Å²) in [4.78, 5) is 2.56. The molecule has 1 atom stereocenters. The van der Waals surface area contributed by atoms with E-state index < -0.39 is 0 Å². The lowest BCUT2D eigenvalue weighted by atomic mass is 10.0. The molecule has 1 heterocycles. The highest BCUT2D eigenvalue weighted by atomic mass is 15.1. The molecule has 0 radical (unpaired) electrons. The van der Waals surface area contributed by atoms with Gasteiger partial charge in [0.25, 0.3) is 0 Å². The molecule has 19 heavy (non-hydrogen) atoms. The van der Waals surface area contributed by atoms with Crippen molar-refractivity contribution in [2.45, 2.75) is 52.1 Å². The lowest BCUT2D eigenvalue weighted by molar-refractivity contribution is 0.331. The zero-order valence-electron chi connectivity index (χ0n) is 12.3. The monoisotopic (exact) mass is 258 g/mol. The fourth-order valence-electron chi connectivity index (χ4n) is 3.01. The number of hydrogen-bond donors (Lipinski definition) is 1. The second kappa shape index (κ2) is 5.16. The summed E-state index contributed by atoms with van der Waals surface area (Å²) in [6.45, 7) is 8.36. The Kier molecular flexibility index (Phi) is 3.53. The van der Waals surface area contributed by atoms with Gasteiger partial charge in [0.05, 0.1) is 0 Å². The number of likely N-dealkylation sites (tertiary alicyclic amines) is 1. The van der Waals surface area contributed by atoms with Crippen molar-refractivity contribution in [3.63, 3.8) is 0 Å². The quantitative estimate of drug-likeness (QED) is 0.862. The van der Waals surface area contributed by atoms with Crippen LogP contribution >= 0.6 is 0 Å². The Morgan fingerprint density at radius 1 is 1.26 bits per heavy atom. The van der Waals surface area contributed by atoms with Crippen LogP contribution in [0.4, 0.5) is 5.69 Å². The fourth-order valence-corrected chi connectivity index (χ4v) is 3.01. The molecule has 1 aliphatic carbocycles. The molecule has 2 aliphatic rings. The summed E-state index contributed by atoms with van der Waals surface area (Å²) in [5.41, 5.74) is 3.27. The summed E-state index contributed by atoms with van der Waals surface area (Å²) in [5, 5.41) is 3.69. The van der Waals surface area contributed by atoms with Crippen LogP contribution in [0.2, 0.25) is 0 Å². The molecule has 3 rings (SSSR count). The molecule has 0 bridgehead atoms. The third kappa shape index (κ3) is 3.11. The predicted molar refractivity (Wildman–Crippen MR) is 81.4 cm³/mol. The van der Waals surface area contributed by atoms with Crippen molar-refractivity contribution in [3.05, 3.63) is 29.8 Å². The van der Waals surface area contributed by atoms with Crippen LogP contribution < -0.4 is 5.32 Å². The van der Waals surface area contributed by atoms with Crippen molar-refractivity contribution in [1.29, 1.82) is 0 Å². The van der Waals surface area contributed by atoms with Gasteiger partial charge in [-0.05, 0) is 68.8 Å².